The molecule has 1 aromatic carbocycles. The number of aromatic nitrogens is 4. The fraction of sp³-hybridized carbons (Fsp3) is 0.560. The molecule has 10 heteroatoms. The van der Waals surface area contributed by atoms with Crippen LogP contribution < -0.4 is 5.32 Å². The monoisotopic (exact) mass is 486 g/mol. The molecular weight excluding hydrogens is 457 g/mol. The molecule has 35 heavy (non-hydrogen) atoms. The first-order valence-electron chi connectivity index (χ1n) is 12.3. The summed E-state index contributed by atoms with van der Waals surface area (Å²) in [5.74, 6) is 1.48. The molecule has 3 fully saturated rings. The van der Waals surface area contributed by atoms with Gasteiger partial charge in [-0.3, -0.25) is 4.68 Å². The molecule has 2 aliphatic heterocycles. The number of aryl methyl sites for hydroxylation is 1. The van der Waals surface area contributed by atoms with E-state index in [1.54, 1.807) is 29.9 Å². The first kappa shape index (κ1) is 22.7. The first-order valence-corrected chi connectivity index (χ1v) is 12.3. The van der Waals surface area contributed by atoms with Crippen LogP contribution in [0.2, 0.25) is 0 Å². The van der Waals surface area contributed by atoms with E-state index in [1.165, 1.54) is 0 Å². The number of likely N-dealkylation sites (tertiary alicyclic amines) is 1. The summed E-state index contributed by atoms with van der Waals surface area (Å²) in [4.78, 5) is 2.51. The molecule has 0 unspecified atom stereocenters. The molecule has 0 bridgehead atoms. The highest BCUT2D eigenvalue weighted by Gasteiger charge is 2.43. The van der Waals surface area contributed by atoms with Crippen molar-refractivity contribution in [2.75, 3.05) is 38.2 Å². The van der Waals surface area contributed by atoms with Crippen LogP contribution in [0.1, 0.15) is 24.8 Å². The lowest BCUT2D eigenvalue weighted by Gasteiger charge is -2.23. The molecule has 4 heterocycles. The van der Waals surface area contributed by atoms with E-state index >= 15 is 0 Å². The molecule has 1 aliphatic carbocycles. The summed E-state index contributed by atoms with van der Waals surface area (Å²) in [5, 5.41) is 16.4. The number of nitrogens with one attached hydrogen (secondary N) is 1. The quantitative estimate of drug-likeness (QED) is 0.583. The maximum atomic E-state index is 14.0. The van der Waals surface area contributed by atoms with Crippen LogP contribution >= 0.6 is 0 Å². The van der Waals surface area contributed by atoms with Gasteiger partial charge in [-0.15, -0.1) is 10.2 Å². The van der Waals surface area contributed by atoms with Gasteiger partial charge >= 0.3 is 6.18 Å². The zero-order valence-electron chi connectivity index (χ0n) is 19.6. The maximum absolute atomic E-state index is 14.0. The van der Waals surface area contributed by atoms with Crippen molar-refractivity contribution in [2.45, 2.75) is 31.5 Å². The van der Waals surface area contributed by atoms with E-state index in [4.69, 9.17) is 4.74 Å². The van der Waals surface area contributed by atoms with Crippen molar-refractivity contribution in [3.63, 3.8) is 0 Å². The predicted octanol–water partition coefficient (Wildman–Crippen LogP) is 4.21. The molecule has 2 saturated heterocycles. The number of anilines is 1. The van der Waals surface area contributed by atoms with Gasteiger partial charge in [0.05, 0.1) is 17.8 Å². The van der Waals surface area contributed by atoms with Crippen LogP contribution in [0.5, 0.6) is 0 Å². The summed E-state index contributed by atoms with van der Waals surface area (Å²) in [6.45, 7) is 4.82. The number of hydrogen-bond acceptors (Lipinski definition) is 6. The second-order valence-electron chi connectivity index (χ2n) is 10.3. The van der Waals surface area contributed by atoms with E-state index in [1.807, 2.05) is 6.20 Å². The molecule has 6 rings (SSSR count). The summed E-state index contributed by atoms with van der Waals surface area (Å²) < 4.78 is 49.2. The van der Waals surface area contributed by atoms with Crippen molar-refractivity contribution in [3.8, 4) is 11.3 Å². The van der Waals surface area contributed by atoms with E-state index in [-0.39, 0.29) is 17.6 Å². The van der Waals surface area contributed by atoms with Crippen LogP contribution in [0.15, 0.2) is 30.5 Å². The average Bonchev–Trinajstić information content (AvgIpc) is 3.57. The number of alkyl halides is 3. The molecule has 2 aromatic heterocycles. The number of ether oxygens (including phenoxy) is 1. The Balaban J connectivity index is 1.17. The van der Waals surface area contributed by atoms with Gasteiger partial charge < -0.3 is 15.0 Å². The molecular formula is C25H29F3N6O. The molecule has 4 atom stereocenters. The van der Waals surface area contributed by atoms with E-state index in [9.17, 15) is 13.2 Å². The number of hydrogen-bond donors (Lipinski definition) is 1. The second kappa shape index (κ2) is 8.74. The minimum absolute atomic E-state index is 0.0186. The van der Waals surface area contributed by atoms with Gasteiger partial charge in [0.25, 0.3) is 0 Å². The highest BCUT2D eigenvalue weighted by atomic mass is 19.4. The maximum Gasteiger partial charge on any atom is 0.420 e. The van der Waals surface area contributed by atoms with Gasteiger partial charge in [-0.25, -0.2) is 0 Å². The Hall–Kier alpha value is -2.72. The Morgan fingerprint density at radius 1 is 1.11 bits per heavy atom. The number of halogens is 3. The minimum Gasteiger partial charge on any atom is -0.381 e. The van der Waals surface area contributed by atoms with Crippen LogP contribution in [-0.4, -0.2) is 63.8 Å². The normalized spacial score (nSPS) is 27.1. The van der Waals surface area contributed by atoms with E-state index in [2.05, 4.69) is 25.5 Å². The van der Waals surface area contributed by atoms with Crippen molar-refractivity contribution >= 4 is 16.7 Å². The lowest BCUT2D eigenvalue weighted by atomic mass is 10.0. The average molecular weight is 487 g/mol. The first-order chi connectivity index (χ1) is 16.8. The van der Waals surface area contributed by atoms with Crippen molar-refractivity contribution in [1.29, 1.82) is 0 Å². The van der Waals surface area contributed by atoms with Crippen molar-refractivity contribution in [2.24, 2.45) is 24.8 Å². The third kappa shape index (κ3) is 4.61. The zero-order chi connectivity index (χ0) is 24.2. The van der Waals surface area contributed by atoms with E-state index in [0.29, 0.717) is 23.3 Å². The van der Waals surface area contributed by atoms with Crippen molar-refractivity contribution < 1.29 is 17.9 Å². The lowest BCUT2D eigenvalue weighted by molar-refractivity contribution is -0.137. The van der Waals surface area contributed by atoms with Crippen LogP contribution in [0.25, 0.3) is 22.2 Å². The van der Waals surface area contributed by atoms with Gasteiger partial charge in [0.2, 0.25) is 0 Å². The van der Waals surface area contributed by atoms with Crippen LogP contribution in [0.3, 0.4) is 0 Å². The van der Waals surface area contributed by atoms with E-state index < -0.39 is 11.7 Å². The standard InChI is InChI=1S/C25H29F3N6O/c1-33-11-19-6-16(2-3-22(19)32-33)23-9-21(25(26,27)28)24(31-30-23)29-20-7-17-12-34(13-18(17)8-20)10-15-4-5-35-14-15/h2-3,6,9,11,15,17-18,20H,4-5,7-8,10,12-14H2,1H3,(H,29,31)/t15-,17-,18+,20-/m1/s1. The minimum atomic E-state index is -4.53. The third-order valence-corrected chi connectivity index (χ3v) is 7.72. The molecule has 1 saturated carbocycles. The smallest absolute Gasteiger partial charge is 0.381 e. The van der Waals surface area contributed by atoms with E-state index in [0.717, 1.165) is 69.1 Å². The van der Waals surface area contributed by atoms with Crippen LogP contribution in [0, 0.1) is 17.8 Å². The van der Waals surface area contributed by atoms with Gasteiger partial charge in [-0.2, -0.15) is 18.3 Å². The van der Waals surface area contributed by atoms with Gasteiger partial charge in [-0.05, 0) is 55.2 Å². The Morgan fingerprint density at radius 2 is 1.91 bits per heavy atom. The van der Waals surface area contributed by atoms with Crippen LogP contribution in [0.4, 0.5) is 19.0 Å². The molecule has 3 aliphatic rings. The number of fused-ring (bicyclic) bond motifs is 2. The Morgan fingerprint density at radius 3 is 2.63 bits per heavy atom. The highest BCUT2D eigenvalue weighted by molar-refractivity contribution is 5.83. The largest absolute Gasteiger partial charge is 0.420 e. The van der Waals surface area contributed by atoms with Gasteiger partial charge in [0, 0.05) is 56.5 Å². The number of benzene rings is 1. The van der Waals surface area contributed by atoms with Crippen molar-refractivity contribution in [3.05, 3.63) is 36.0 Å². The lowest BCUT2D eigenvalue weighted by Crippen LogP contribution is -2.30. The summed E-state index contributed by atoms with van der Waals surface area (Å²) in [7, 11) is 1.81. The summed E-state index contributed by atoms with van der Waals surface area (Å²) in [6, 6.07) is 6.39. The SMILES string of the molecule is Cn1cc2cc(-c3cc(C(F)(F)F)c(N[C@@H]4C[C@@H]5CN(C[C@H]6CCOC6)C[C@@H]5C4)nn3)ccc2n1. The molecule has 7 nitrogen and oxygen atoms in total. The Bertz CT molecular complexity index is 1210. The van der Waals surface area contributed by atoms with Crippen LogP contribution in [-0.2, 0) is 18.0 Å². The summed E-state index contributed by atoms with van der Waals surface area (Å²) in [5.41, 5.74) is 0.788. The molecule has 186 valence electrons. The Kier molecular flexibility index (Phi) is 5.68. The fourth-order valence-corrected chi connectivity index (χ4v) is 6.11. The Labute approximate surface area is 201 Å². The fourth-order valence-electron chi connectivity index (χ4n) is 6.11. The molecule has 3 aromatic rings. The highest BCUT2D eigenvalue weighted by Crippen LogP contribution is 2.42. The second-order valence-corrected chi connectivity index (χ2v) is 10.3. The summed E-state index contributed by atoms with van der Waals surface area (Å²) in [6.07, 6.45) is 0.148. The van der Waals surface area contributed by atoms with Gasteiger partial charge in [0.15, 0.2) is 5.82 Å². The zero-order valence-corrected chi connectivity index (χ0v) is 19.6. The number of rotatable bonds is 5. The molecule has 0 radical (unpaired) electrons. The van der Waals surface area contributed by atoms with Crippen molar-refractivity contribution in [1.82, 2.24) is 24.9 Å². The molecule has 0 amide bonds. The molecule has 0 spiro atoms. The third-order valence-electron chi connectivity index (χ3n) is 7.72. The van der Waals surface area contributed by atoms with Gasteiger partial charge in [-0.1, -0.05) is 6.07 Å². The number of nitrogens with zero attached hydrogens (tertiary/aromatic N) is 5. The summed E-state index contributed by atoms with van der Waals surface area (Å²) >= 11 is 0. The molecule has 1 N–H and O–H groups in total. The predicted molar refractivity (Wildman–Crippen MR) is 126 cm³/mol. The topological polar surface area (TPSA) is 68.1 Å². The van der Waals surface area contributed by atoms with Gasteiger partial charge in [0.1, 0.15) is 5.56 Å².